The number of hydrogen-bond acceptors (Lipinski definition) is 4. The first kappa shape index (κ1) is 15.2. The first-order valence-electron chi connectivity index (χ1n) is 9.00. The van der Waals surface area contributed by atoms with Crippen LogP contribution in [0, 0.1) is 11.1 Å². The number of carbonyl (C=O) groups excluding carboxylic acids is 1. The number of nitrogens with zero attached hydrogens (tertiary/aromatic N) is 1. The summed E-state index contributed by atoms with van der Waals surface area (Å²) < 4.78 is 5.00. The molecule has 1 N–H and O–H groups in total. The molecule has 130 valence electrons. The number of anilines is 1. The molecule has 25 heavy (non-hydrogen) atoms. The minimum Gasteiger partial charge on any atom is -0.632 e. The lowest BCUT2D eigenvalue weighted by atomic mass is 9.60. The van der Waals surface area contributed by atoms with Crippen LogP contribution in [0.25, 0.3) is 0 Å². The molecule has 5 nitrogen and oxygen atoms in total. The van der Waals surface area contributed by atoms with Gasteiger partial charge in [-0.2, -0.15) is 0 Å². The fraction of sp³-hybridized carbons (Fsp3) is 0.450. The minimum atomic E-state index is -0.416. The molecule has 1 spiro atoms. The molecular weight excluding hydrogens is 316 g/mol. The van der Waals surface area contributed by atoms with Gasteiger partial charge in [0.1, 0.15) is 6.04 Å². The predicted molar refractivity (Wildman–Crippen MR) is 94.4 cm³/mol. The third kappa shape index (κ3) is 1.59. The second kappa shape index (κ2) is 4.74. The number of esters is 1. The standard InChI is InChI=1S/C20H22N2O3/c1-3-12-13-8-10-22(24)11-9-20(18(12)22)14-6-4-5-7-15(14)21-17(20)16(13)19(23)25-2/h3-7,13,18,21H,8-11H2,1-2H3/b12-3-/t13-,18+,20+,22?/m0/s1. The van der Waals surface area contributed by atoms with Crippen molar-refractivity contribution in [3.63, 3.8) is 0 Å². The highest BCUT2D eigenvalue weighted by molar-refractivity contribution is 5.94. The van der Waals surface area contributed by atoms with Crippen LogP contribution < -0.4 is 5.32 Å². The van der Waals surface area contributed by atoms with Crippen molar-refractivity contribution < 1.29 is 14.2 Å². The number of methoxy groups -OCH3 is 1. The molecule has 3 aliphatic heterocycles. The summed E-state index contributed by atoms with van der Waals surface area (Å²) >= 11 is 0. The molecule has 1 aromatic carbocycles. The summed E-state index contributed by atoms with van der Waals surface area (Å²) in [4.78, 5) is 12.7. The monoisotopic (exact) mass is 338 g/mol. The number of piperidine rings is 1. The van der Waals surface area contributed by atoms with E-state index in [1.165, 1.54) is 7.11 Å². The number of allylic oxidation sites excluding steroid dienone is 1. The number of hydrogen-bond donors (Lipinski definition) is 1. The van der Waals surface area contributed by atoms with Crippen molar-refractivity contribution in [3.05, 3.63) is 58.0 Å². The topological polar surface area (TPSA) is 61.4 Å². The van der Waals surface area contributed by atoms with Crippen LogP contribution >= 0.6 is 0 Å². The van der Waals surface area contributed by atoms with E-state index in [1.54, 1.807) is 0 Å². The summed E-state index contributed by atoms with van der Waals surface area (Å²) in [5.74, 6) is -0.277. The van der Waals surface area contributed by atoms with Crippen molar-refractivity contribution in [2.24, 2.45) is 5.92 Å². The van der Waals surface area contributed by atoms with Gasteiger partial charge in [-0.15, -0.1) is 0 Å². The summed E-state index contributed by atoms with van der Waals surface area (Å²) in [7, 11) is 1.44. The molecule has 1 unspecified atom stereocenters. The van der Waals surface area contributed by atoms with Gasteiger partial charge in [0, 0.05) is 30.1 Å². The molecule has 1 aliphatic carbocycles. The van der Waals surface area contributed by atoms with Gasteiger partial charge in [0.25, 0.3) is 0 Å². The Hall–Kier alpha value is -2.11. The Morgan fingerprint density at radius 2 is 2.20 bits per heavy atom. The molecular formula is C20H22N2O3. The van der Waals surface area contributed by atoms with Gasteiger partial charge in [-0.3, -0.25) is 0 Å². The third-order valence-electron chi connectivity index (χ3n) is 6.81. The number of rotatable bonds is 1. The van der Waals surface area contributed by atoms with E-state index in [0.29, 0.717) is 19.5 Å². The van der Waals surface area contributed by atoms with E-state index in [2.05, 4.69) is 17.5 Å². The Morgan fingerprint density at radius 1 is 1.40 bits per heavy atom. The molecule has 0 radical (unpaired) electrons. The van der Waals surface area contributed by atoms with Crippen LogP contribution in [0.3, 0.4) is 0 Å². The van der Waals surface area contributed by atoms with Gasteiger partial charge >= 0.3 is 5.97 Å². The highest BCUT2D eigenvalue weighted by Crippen LogP contribution is 2.64. The SMILES string of the molecule is C/C=C1/[C@@H]2CC[N+]3([O-])CC[C@@]4(C(=C2C(=O)OC)Nc2ccccc24)[C@@H]13. The van der Waals surface area contributed by atoms with E-state index in [9.17, 15) is 10.0 Å². The zero-order valence-electron chi connectivity index (χ0n) is 14.5. The minimum absolute atomic E-state index is 0.00862. The van der Waals surface area contributed by atoms with Crippen molar-refractivity contribution in [2.75, 3.05) is 25.5 Å². The quantitative estimate of drug-likeness (QED) is 0.370. The number of nitrogens with one attached hydrogen (secondary N) is 1. The molecule has 5 heteroatoms. The molecule has 2 bridgehead atoms. The Labute approximate surface area is 147 Å². The first-order chi connectivity index (χ1) is 12.1. The number of hydroxylamine groups is 3. The van der Waals surface area contributed by atoms with E-state index in [-0.39, 0.29) is 22.6 Å². The molecule has 0 aromatic heterocycles. The van der Waals surface area contributed by atoms with Gasteiger partial charge in [-0.25, -0.2) is 4.79 Å². The summed E-state index contributed by atoms with van der Waals surface area (Å²) in [6, 6.07) is 8.05. The van der Waals surface area contributed by atoms with Gasteiger partial charge in [0.05, 0.1) is 31.2 Å². The zero-order chi connectivity index (χ0) is 17.4. The van der Waals surface area contributed by atoms with Gasteiger partial charge in [0.2, 0.25) is 0 Å². The second-order valence-electron chi connectivity index (χ2n) is 7.60. The van der Waals surface area contributed by atoms with Crippen LogP contribution in [-0.4, -0.2) is 36.9 Å². The maximum Gasteiger partial charge on any atom is 0.336 e. The summed E-state index contributed by atoms with van der Waals surface area (Å²) in [6.07, 6.45) is 3.56. The molecule has 1 aromatic rings. The molecule has 0 amide bonds. The molecule has 4 aliphatic rings. The van der Waals surface area contributed by atoms with Crippen LogP contribution in [0.5, 0.6) is 0 Å². The van der Waals surface area contributed by atoms with Crippen LogP contribution in [0.2, 0.25) is 0 Å². The van der Waals surface area contributed by atoms with Crippen LogP contribution in [0.4, 0.5) is 5.69 Å². The van der Waals surface area contributed by atoms with Crippen molar-refractivity contribution in [3.8, 4) is 0 Å². The fourth-order valence-corrected chi connectivity index (χ4v) is 5.95. The van der Waals surface area contributed by atoms with Crippen LogP contribution in [-0.2, 0) is 14.9 Å². The van der Waals surface area contributed by atoms with E-state index in [0.717, 1.165) is 34.5 Å². The number of quaternary nitrogens is 1. The summed E-state index contributed by atoms with van der Waals surface area (Å²) in [6.45, 7) is 3.17. The lowest BCUT2D eigenvalue weighted by molar-refractivity contribution is -0.894. The molecule has 0 saturated carbocycles. The number of ether oxygens (including phenoxy) is 1. The summed E-state index contributed by atoms with van der Waals surface area (Å²) in [5.41, 5.74) is 4.55. The Bertz CT molecular complexity index is 858. The smallest absolute Gasteiger partial charge is 0.336 e. The average molecular weight is 338 g/mol. The van der Waals surface area contributed by atoms with Gasteiger partial charge in [-0.05, 0) is 24.1 Å². The van der Waals surface area contributed by atoms with E-state index in [4.69, 9.17) is 4.74 Å². The van der Waals surface area contributed by atoms with Crippen LogP contribution in [0.1, 0.15) is 25.3 Å². The average Bonchev–Trinajstić information content (AvgIpc) is 3.14. The van der Waals surface area contributed by atoms with Gasteiger partial charge in [-0.1, -0.05) is 24.3 Å². The van der Waals surface area contributed by atoms with Gasteiger partial charge < -0.3 is 19.9 Å². The Balaban J connectivity index is 1.88. The van der Waals surface area contributed by atoms with E-state index in [1.807, 2.05) is 25.1 Å². The maximum absolute atomic E-state index is 13.7. The fourth-order valence-electron chi connectivity index (χ4n) is 5.95. The number of fused-ring (bicyclic) bond motifs is 2. The van der Waals surface area contributed by atoms with E-state index >= 15 is 0 Å². The lowest BCUT2D eigenvalue weighted by Crippen LogP contribution is -2.61. The maximum atomic E-state index is 13.7. The molecule has 2 saturated heterocycles. The zero-order valence-corrected chi connectivity index (χ0v) is 14.5. The molecule has 4 atom stereocenters. The lowest BCUT2D eigenvalue weighted by Gasteiger charge is -2.56. The number of para-hydroxylation sites is 1. The number of carbonyl (C=O) groups is 1. The van der Waals surface area contributed by atoms with Gasteiger partial charge in [0.15, 0.2) is 0 Å². The molecule has 2 fully saturated rings. The van der Waals surface area contributed by atoms with Crippen molar-refractivity contribution in [2.45, 2.75) is 31.2 Å². The Morgan fingerprint density at radius 3 is 2.96 bits per heavy atom. The summed E-state index contributed by atoms with van der Waals surface area (Å²) in [5, 5.41) is 17.2. The van der Waals surface area contributed by atoms with Crippen molar-refractivity contribution >= 4 is 11.7 Å². The first-order valence-corrected chi connectivity index (χ1v) is 9.00. The van der Waals surface area contributed by atoms with E-state index < -0.39 is 5.41 Å². The highest BCUT2D eigenvalue weighted by Gasteiger charge is 2.68. The van der Waals surface area contributed by atoms with Crippen molar-refractivity contribution in [1.29, 1.82) is 0 Å². The van der Waals surface area contributed by atoms with Crippen molar-refractivity contribution in [1.82, 2.24) is 0 Å². The second-order valence-corrected chi connectivity index (χ2v) is 7.60. The molecule has 5 rings (SSSR count). The normalized spacial score (nSPS) is 39.1. The number of benzene rings is 1. The highest BCUT2D eigenvalue weighted by atomic mass is 16.6. The third-order valence-corrected chi connectivity index (χ3v) is 6.81. The Kier molecular flexibility index (Phi) is 2.88. The predicted octanol–water partition coefficient (Wildman–Crippen LogP) is 2.84. The largest absolute Gasteiger partial charge is 0.632 e. The van der Waals surface area contributed by atoms with Crippen LogP contribution in [0.15, 0.2) is 47.2 Å². The molecule has 3 heterocycles.